The summed E-state index contributed by atoms with van der Waals surface area (Å²) in [7, 11) is 1.24. The summed E-state index contributed by atoms with van der Waals surface area (Å²) >= 11 is 0. The Bertz CT molecular complexity index is 1210. The molecule has 0 fully saturated rings. The number of esters is 1. The van der Waals surface area contributed by atoms with Crippen LogP contribution in [0.1, 0.15) is 28.4 Å². The first-order valence-electron chi connectivity index (χ1n) is 10.3. The van der Waals surface area contributed by atoms with Gasteiger partial charge in [-0.05, 0) is 49.2 Å². The van der Waals surface area contributed by atoms with Gasteiger partial charge in [-0.25, -0.2) is 14.2 Å². The van der Waals surface area contributed by atoms with Gasteiger partial charge in [0.2, 0.25) is 0 Å². The lowest BCUT2D eigenvalue weighted by atomic mass is 10.0. The number of carbonyl (C=O) groups excluding carboxylic acids is 2. The number of hydrogen-bond acceptors (Lipinski definition) is 6. The van der Waals surface area contributed by atoms with Crippen LogP contribution < -0.4 is 10.6 Å². The van der Waals surface area contributed by atoms with Crippen molar-refractivity contribution in [3.05, 3.63) is 83.2 Å². The van der Waals surface area contributed by atoms with Crippen LogP contribution in [0, 0.1) is 17.1 Å². The van der Waals surface area contributed by atoms with Gasteiger partial charge in [-0.15, -0.1) is 0 Å². The number of carbonyl (C=O) groups is 2. The molecular formula is C25H23FN4O3. The second-order valence-electron chi connectivity index (χ2n) is 7.28. The third-order valence-electron chi connectivity index (χ3n) is 4.96. The summed E-state index contributed by atoms with van der Waals surface area (Å²) < 4.78 is 18.1. The number of hydrogen-bond donors (Lipinski definition) is 2. The molecule has 1 atom stereocenters. The number of anilines is 1. The van der Waals surface area contributed by atoms with Gasteiger partial charge < -0.3 is 15.4 Å². The fourth-order valence-electron chi connectivity index (χ4n) is 3.26. The van der Waals surface area contributed by atoms with Crippen LogP contribution in [0.2, 0.25) is 0 Å². The number of halogens is 1. The molecule has 0 spiro atoms. The van der Waals surface area contributed by atoms with Crippen molar-refractivity contribution < 1.29 is 18.7 Å². The lowest BCUT2D eigenvalue weighted by Gasteiger charge is -2.16. The van der Waals surface area contributed by atoms with E-state index in [1.165, 1.54) is 26.2 Å². The third kappa shape index (κ3) is 5.92. The maximum absolute atomic E-state index is 13.5. The summed E-state index contributed by atoms with van der Waals surface area (Å²) in [5, 5.41) is 15.1. The van der Waals surface area contributed by atoms with E-state index in [4.69, 9.17) is 0 Å². The van der Waals surface area contributed by atoms with Gasteiger partial charge in [0.1, 0.15) is 17.7 Å². The summed E-state index contributed by atoms with van der Waals surface area (Å²) in [5.41, 5.74) is 2.61. The Hall–Kier alpha value is -4.25. The normalized spacial score (nSPS) is 11.2. The van der Waals surface area contributed by atoms with Crippen LogP contribution in [0.25, 0.3) is 11.3 Å². The van der Waals surface area contributed by atoms with Crippen LogP contribution in [0.15, 0.2) is 60.7 Å². The SMILES string of the molecule is COC(=O)[C@H](C)NC(=O)c1ccc(-c2ccccc2C#N)nc1NCCc1cccc(F)c1. The van der Waals surface area contributed by atoms with E-state index >= 15 is 0 Å². The number of nitriles is 1. The number of benzene rings is 2. The van der Waals surface area contributed by atoms with E-state index < -0.39 is 17.9 Å². The molecule has 0 saturated heterocycles. The Morgan fingerprint density at radius 1 is 1.15 bits per heavy atom. The Labute approximate surface area is 191 Å². The number of amides is 1. The maximum atomic E-state index is 13.5. The number of methoxy groups -OCH3 is 1. The first kappa shape index (κ1) is 23.4. The Kier molecular flexibility index (Phi) is 7.71. The molecule has 0 radical (unpaired) electrons. The fourth-order valence-corrected chi connectivity index (χ4v) is 3.26. The molecule has 7 nitrogen and oxygen atoms in total. The van der Waals surface area contributed by atoms with E-state index in [9.17, 15) is 19.2 Å². The van der Waals surface area contributed by atoms with Crippen molar-refractivity contribution in [1.82, 2.24) is 10.3 Å². The van der Waals surface area contributed by atoms with Crippen LogP contribution in [-0.4, -0.2) is 36.6 Å². The molecule has 33 heavy (non-hydrogen) atoms. The summed E-state index contributed by atoms with van der Waals surface area (Å²) in [4.78, 5) is 29.1. The first-order valence-corrected chi connectivity index (χ1v) is 10.3. The van der Waals surface area contributed by atoms with Crippen LogP contribution in [-0.2, 0) is 16.0 Å². The van der Waals surface area contributed by atoms with E-state index in [0.717, 1.165) is 5.56 Å². The van der Waals surface area contributed by atoms with Crippen LogP contribution in [0.5, 0.6) is 0 Å². The lowest BCUT2D eigenvalue weighted by molar-refractivity contribution is -0.142. The molecule has 1 amide bonds. The van der Waals surface area contributed by atoms with Gasteiger partial charge in [0.15, 0.2) is 0 Å². The highest BCUT2D eigenvalue weighted by molar-refractivity contribution is 6.01. The third-order valence-corrected chi connectivity index (χ3v) is 4.96. The zero-order valence-corrected chi connectivity index (χ0v) is 18.3. The highest BCUT2D eigenvalue weighted by Crippen LogP contribution is 2.25. The van der Waals surface area contributed by atoms with Gasteiger partial charge in [-0.2, -0.15) is 5.26 Å². The largest absolute Gasteiger partial charge is 0.467 e. The van der Waals surface area contributed by atoms with Crippen molar-refractivity contribution in [1.29, 1.82) is 5.26 Å². The average Bonchev–Trinajstić information content (AvgIpc) is 2.83. The minimum absolute atomic E-state index is 0.225. The van der Waals surface area contributed by atoms with E-state index in [0.29, 0.717) is 29.8 Å². The summed E-state index contributed by atoms with van der Waals surface area (Å²) in [6.45, 7) is 1.90. The molecule has 0 bridgehead atoms. The lowest BCUT2D eigenvalue weighted by Crippen LogP contribution is -2.39. The minimum Gasteiger partial charge on any atom is -0.467 e. The standard InChI is InChI=1S/C25H23FN4O3/c1-16(25(32)33-2)29-24(31)21-10-11-22(20-9-4-3-7-18(20)15-27)30-23(21)28-13-12-17-6-5-8-19(26)14-17/h3-11,14,16H,12-13H2,1-2H3,(H,28,30)(H,29,31)/t16-/m0/s1. The predicted octanol–water partition coefficient (Wildman–Crippen LogP) is 3.71. The van der Waals surface area contributed by atoms with E-state index in [1.807, 2.05) is 6.07 Å². The van der Waals surface area contributed by atoms with Crippen LogP contribution >= 0.6 is 0 Å². The van der Waals surface area contributed by atoms with E-state index in [-0.39, 0.29) is 17.2 Å². The number of pyridine rings is 1. The Morgan fingerprint density at radius 3 is 2.67 bits per heavy atom. The molecule has 0 aliphatic heterocycles. The smallest absolute Gasteiger partial charge is 0.328 e. The van der Waals surface area contributed by atoms with Gasteiger partial charge in [0.25, 0.3) is 5.91 Å². The predicted molar refractivity (Wildman–Crippen MR) is 122 cm³/mol. The molecule has 8 heteroatoms. The molecule has 3 rings (SSSR count). The first-order chi connectivity index (χ1) is 15.9. The Balaban J connectivity index is 1.90. The molecule has 2 aromatic carbocycles. The molecule has 1 aromatic heterocycles. The van der Waals surface area contributed by atoms with Crippen molar-refractivity contribution in [2.24, 2.45) is 0 Å². The van der Waals surface area contributed by atoms with Gasteiger partial charge in [0, 0.05) is 12.1 Å². The zero-order chi connectivity index (χ0) is 23.8. The van der Waals surface area contributed by atoms with Gasteiger partial charge in [0.05, 0.1) is 30.0 Å². The molecule has 0 aliphatic carbocycles. The zero-order valence-electron chi connectivity index (χ0n) is 18.3. The molecule has 3 aromatic rings. The van der Waals surface area contributed by atoms with Crippen LogP contribution in [0.3, 0.4) is 0 Å². The van der Waals surface area contributed by atoms with Crippen molar-refractivity contribution in [3.63, 3.8) is 0 Å². The molecule has 0 saturated carbocycles. The molecule has 168 valence electrons. The average molecular weight is 446 g/mol. The molecule has 0 aliphatic rings. The molecule has 1 heterocycles. The van der Waals surface area contributed by atoms with Crippen LogP contribution in [0.4, 0.5) is 10.2 Å². The quantitative estimate of drug-likeness (QED) is 0.511. The van der Waals surface area contributed by atoms with Gasteiger partial charge >= 0.3 is 5.97 Å². The molecule has 2 N–H and O–H groups in total. The number of ether oxygens (including phenoxy) is 1. The van der Waals surface area contributed by atoms with Crippen molar-refractivity contribution in [2.75, 3.05) is 19.0 Å². The summed E-state index contributed by atoms with van der Waals surface area (Å²) in [6, 6.07) is 17.8. The molecule has 0 unspecified atom stereocenters. The molecular weight excluding hydrogens is 423 g/mol. The Morgan fingerprint density at radius 2 is 1.94 bits per heavy atom. The topological polar surface area (TPSA) is 104 Å². The number of nitrogens with zero attached hydrogens (tertiary/aromatic N) is 2. The van der Waals surface area contributed by atoms with Crippen molar-refractivity contribution in [3.8, 4) is 17.3 Å². The summed E-state index contributed by atoms with van der Waals surface area (Å²) in [5.74, 6) is -1.12. The van der Waals surface area contributed by atoms with E-state index in [2.05, 4.69) is 26.4 Å². The minimum atomic E-state index is -0.846. The second kappa shape index (κ2) is 10.9. The van der Waals surface area contributed by atoms with Crippen molar-refractivity contribution in [2.45, 2.75) is 19.4 Å². The van der Waals surface area contributed by atoms with E-state index in [1.54, 1.807) is 42.5 Å². The fraction of sp³-hybridized carbons (Fsp3) is 0.200. The van der Waals surface area contributed by atoms with Gasteiger partial charge in [-0.1, -0.05) is 30.3 Å². The number of aromatic nitrogens is 1. The number of rotatable bonds is 8. The second-order valence-corrected chi connectivity index (χ2v) is 7.28. The monoisotopic (exact) mass is 446 g/mol. The summed E-state index contributed by atoms with van der Waals surface area (Å²) in [6.07, 6.45) is 0.498. The van der Waals surface area contributed by atoms with Crippen molar-refractivity contribution >= 4 is 17.7 Å². The number of nitrogens with one attached hydrogen (secondary N) is 2. The highest BCUT2D eigenvalue weighted by Gasteiger charge is 2.20. The maximum Gasteiger partial charge on any atom is 0.328 e. The highest BCUT2D eigenvalue weighted by atomic mass is 19.1. The van der Waals surface area contributed by atoms with Gasteiger partial charge in [-0.3, -0.25) is 4.79 Å².